The molecule has 0 saturated carbocycles. The summed E-state index contributed by atoms with van der Waals surface area (Å²) in [7, 11) is 0. The summed E-state index contributed by atoms with van der Waals surface area (Å²) in [5, 5.41) is 0. The fourth-order valence-electron chi connectivity index (χ4n) is 7.57. The molecule has 0 saturated heterocycles. The van der Waals surface area contributed by atoms with Crippen molar-refractivity contribution in [3.05, 3.63) is 206 Å². The number of nitrogens with zero attached hydrogens (tertiary/aromatic N) is 4. The average molecular weight is 691 g/mol. The van der Waals surface area contributed by atoms with Crippen LogP contribution in [-0.4, -0.2) is 18.9 Å². The van der Waals surface area contributed by atoms with Gasteiger partial charge in [-0.3, -0.25) is 8.97 Å². The highest BCUT2D eigenvalue weighted by Crippen LogP contribution is 2.38. The van der Waals surface area contributed by atoms with E-state index >= 15 is 0 Å². The zero-order valence-corrected chi connectivity index (χ0v) is 29.4. The maximum absolute atomic E-state index is 5.10. The van der Waals surface area contributed by atoms with E-state index in [1.807, 2.05) is 18.2 Å². The van der Waals surface area contributed by atoms with Crippen LogP contribution < -0.4 is 0 Å². The van der Waals surface area contributed by atoms with E-state index in [-0.39, 0.29) is 0 Å². The Morgan fingerprint density at radius 3 is 1.63 bits per heavy atom. The fraction of sp³-hybridized carbons (Fsp3) is 0. The summed E-state index contributed by atoms with van der Waals surface area (Å²) >= 11 is 0. The summed E-state index contributed by atoms with van der Waals surface area (Å²) in [4.78, 5) is 10.2. The van der Waals surface area contributed by atoms with E-state index in [1.54, 1.807) is 0 Å². The van der Waals surface area contributed by atoms with Gasteiger partial charge in [-0.05, 0) is 94.0 Å². The molecule has 3 aromatic heterocycles. The van der Waals surface area contributed by atoms with Crippen molar-refractivity contribution < 1.29 is 0 Å². The molecule has 0 unspecified atom stereocenters. The molecule has 0 amide bonds. The first-order valence-corrected chi connectivity index (χ1v) is 18.2. The van der Waals surface area contributed by atoms with Crippen molar-refractivity contribution in [3.63, 3.8) is 0 Å². The van der Waals surface area contributed by atoms with E-state index in [0.717, 1.165) is 84.1 Å². The second-order valence-electron chi connectivity index (χ2n) is 13.5. The third kappa shape index (κ3) is 5.67. The molecule has 10 rings (SSSR count). The van der Waals surface area contributed by atoms with E-state index in [1.165, 1.54) is 5.56 Å². The summed E-state index contributed by atoms with van der Waals surface area (Å²) in [5.74, 6) is 0.923. The van der Waals surface area contributed by atoms with Gasteiger partial charge < -0.3 is 0 Å². The van der Waals surface area contributed by atoms with Crippen LogP contribution in [0.15, 0.2) is 206 Å². The first kappa shape index (κ1) is 31.4. The van der Waals surface area contributed by atoms with Crippen molar-refractivity contribution in [2.24, 2.45) is 0 Å². The number of hydrogen-bond acceptors (Lipinski definition) is 2. The lowest BCUT2D eigenvalue weighted by molar-refractivity contribution is 1.10. The predicted octanol–water partition coefficient (Wildman–Crippen LogP) is 12.7. The highest BCUT2D eigenvalue weighted by atomic mass is 15.1. The minimum absolute atomic E-state index is 0.922. The molecule has 0 aliphatic carbocycles. The Balaban J connectivity index is 1.14. The lowest BCUT2D eigenvalue weighted by Crippen LogP contribution is -1.98. The summed E-state index contributed by atoms with van der Waals surface area (Å²) in [6.07, 6.45) is 2.10. The van der Waals surface area contributed by atoms with Gasteiger partial charge in [-0.25, -0.2) is 9.97 Å². The standard InChI is InChI=1S/C50H34N4/c1-4-16-35(17-5-1)41-31-42(38-22-14-24-40(30-38)49-48(36-18-6-2-7-19-36)52-47-28-12-13-29-53(47)49)33-43(32-41)39-23-15-25-44(34-39)54-46-27-11-10-26-45(46)51-50(54)37-20-8-3-9-21-37/h1-34H. The van der Waals surface area contributed by atoms with Crippen LogP contribution in [0.25, 0.3) is 89.7 Å². The molecule has 0 spiro atoms. The highest BCUT2D eigenvalue weighted by Gasteiger charge is 2.18. The SMILES string of the molecule is c1ccc(-c2cc(-c3cccc(-c4c(-c5ccccc5)nc5ccccn45)c3)cc(-c3cccc(-n4c(-c5ccccc5)nc5ccccc54)c3)c2)cc1. The lowest BCUT2D eigenvalue weighted by Gasteiger charge is -2.15. The number of pyridine rings is 1. The number of aromatic nitrogens is 4. The van der Waals surface area contributed by atoms with Gasteiger partial charge in [0.05, 0.1) is 22.4 Å². The number of benzene rings is 7. The lowest BCUT2D eigenvalue weighted by atomic mass is 9.92. The quantitative estimate of drug-likeness (QED) is 0.167. The van der Waals surface area contributed by atoms with E-state index in [9.17, 15) is 0 Å². The molecule has 0 bridgehead atoms. The molecule has 4 heteroatoms. The largest absolute Gasteiger partial charge is 0.299 e. The molecule has 0 atom stereocenters. The maximum Gasteiger partial charge on any atom is 0.145 e. The molecule has 0 N–H and O–H groups in total. The number of hydrogen-bond donors (Lipinski definition) is 0. The van der Waals surface area contributed by atoms with Crippen molar-refractivity contribution in [1.82, 2.24) is 18.9 Å². The van der Waals surface area contributed by atoms with E-state index in [0.29, 0.717) is 0 Å². The zero-order chi connectivity index (χ0) is 35.8. The van der Waals surface area contributed by atoms with Crippen molar-refractivity contribution in [1.29, 1.82) is 0 Å². The minimum Gasteiger partial charge on any atom is -0.299 e. The molecule has 0 aliphatic heterocycles. The van der Waals surface area contributed by atoms with Crippen molar-refractivity contribution in [2.75, 3.05) is 0 Å². The molecule has 0 fully saturated rings. The van der Waals surface area contributed by atoms with Gasteiger partial charge in [0.2, 0.25) is 0 Å². The van der Waals surface area contributed by atoms with Gasteiger partial charge in [-0.2, -0.15) is 0 Å². The second kappa shape index (κ2) is 13.4. The van der Waals surface area contributed by atoms with Crippen LogP contribution in [0.4, 0.5) is 0 Å². The van der Waals surface area contributed by atoms with Crippen LogP contribution in [-0.2, 0) is 0 Å². The molecular formula is C50H34N4. The maximum atomic E-state index is 5.10. The zero-order valence-electron chi connectivity index (χ0n) is 29.4. The molecule has 3 heterocycles. The molecule has 4 nitrogen and oxygen atoms in total. The Morgan fingerprint density at radius 1 is 0.352 bits per heavy atom. The van der Waals surface area contributed by atoms with Gasteiger partial charge in [-0.15, -0.1) is 0 Å². The Hall–Kier alpha value is -7.30. The Labute approximate surface area is 313 Å². The molecule has 54 heavy (non-hydrogen) atoms. The monoisotopic (exact) mass is 690 g/mol. The first-order chi connectivity index (χ1) is 26.8. The summed E-state index contributed by atoms with van der Waals surface area (Å²) < 4.78 is 4.47. The number of para-hydroxylation sites is 2. The third-order valence-corrected chi connectivity index (χ3v) is 10.1. The topological polar surface area (TPSA) is 35.1 Å². The molecule has 0 radical (unpaired) electrons. The van der Waals surface area contributed by atoms with Crippen LogP contribution in [0.2, 0.25) is 0 Å². The normalized spacial score (nSPS) is 11.3. The molecule has 10 aromatic rings. The van der Waals surface area contributed by atoms with Crippen LogP contribution in [0, 0.1) is 0 Å². The molecule has 7 aromatic carbocycles. The summed E-state index contributed by atoms with van der Waals surface area (Å²) in [5.41, 5.74) is 16.3. The minimum atomic E-state index is 0.922. The fourth-order valence-corrected chi connectivity index (χ4v) is 7.57. The van der Waals surface area contributed by atoms with Crippen molar-refractivity contribution in [3.8, 4) is 73.0 Å². The number of fused-ring (bicyclic) bond motifs is 2. The van der Waals surface area contributed by atoms with Gasteiger partial charge in [0, 0.05) is 28.6 Å². The van der Waals surface area contributed by atoms with Crippen LogP contribution in [0.3, 0.4) is 0 Å². The van der Waals surface area contributed by atoms with Gasteiger partial charge in [0.15, 0.2) is 0 Å². The highest BCUT2D eigenvalue weighted by molar-refractivity contribution is 5.88. The van der Waals surface area contributed by atoms with Gasteiger partial charge in [0.1, 0.15) is 11.5 Å². The van der Waals surface area contributed by atoms with E-state index < -0.39 is 0 Å². The Bertz CT molecular complexity index is 2740. The van der Waals surface area contributed by atoms with Crippen LogP contribution in [0.1, 0.15) is 0 Å². The molecule has 254 valence electrons. The van der Waals surface area contributed by atoms with Crippen molar-refractivity contribution in [2.45, 2.75) is 0 Å². The van der Waals surface area contributed by atoms with Gasteiger partial charge in [0.25, 0.3) is 0 Å². The smallest absolute Gasteiger partial charge is 0.145 e. The predicted molar refractivity (Wildman–Crippen MR) is 222 cm³/mol. The summed E-state index contributed by atoms with van der Waals surface area (Å²) in [6, 6.07) is 70.7. The van der Waals surface area contributed by atoms with E-state index in [4.69, 9.17) is 9.97 Å². The van der Waals surface area contributed by atoms with E-state index in [2.05, 4.69) is 197 Å². The van der Waals surface area contributed by atoms with Gasteiger partial charge >= 0.3 is 0 Å². The summed E-state index contributed by atoms with van der Waals surface area (Å²) in [6.45, 7) is 0. The van der Waals surface area contributed by atoms with Crippen molar-refractivity contribution >= 4 is 16.7 Å². The Morgan fingerprint density at radius 2 is 0.889 bits per heavy atom. The second-order valence-corrected chi connectivity index (χ2v) is 13.5. The van der Waals surface area contributed by atoms with Gasteiger partial charge in [-0.1, -0.05) is 140 Å². The van der Waals surface area contributed by atoms with Crippen LogP contribution in [0.5, 0.6) is 0 Å². The Kier molecular flexibility index (Phi) is 7.77. The van der Waals surface area contributed by atoms with Crippen LogP contribution >= 0.6 is 0 Å². The molecule has 0 aliphatic rings. The number of rotatable bonds is 7. The average Bonchev–Trinajstić information content (AvgIpc) is 3.84. The number of imidazole rings is 2. The molecular weight excluding hydrogens is 657 g/mol. The third-order valence-electron chi connectivity index (χ3n) is 10.1. The first-order valence-electron chi connectivity index (χ1n) is 18.2.